The average molecular weight is 212 g/mol. The van der Waals surface area contributed by atoms with Crippen molar-refractivity contribution in [2.24, 2.45) is 5.41 Å². The van der Waals surface area contributed by atoms with E-state index < -0.39 is 11.5 Å². The van der Waals surface area contributed by atoms with Gasteiger partial charge in [-0.3, -0.25) is 0 Å². The van der Waals surface area contributed by atoms with Gasteiger partial charge in [0.05, 0.1) is 23.5 Å². The van der Waals surface area contributed by atoms with Crippen LogP contribution in [-0.2, 0) is 0 Å². The summed E-state index contributed by atoms with van der Waals surface area (Å²) in [5, 5.41) is 18.7. The maximum absolute atomic E-state index is 9.85. The van der Waals surface area contributed by atoms with Gasteiger partial charge in [0.15, 0.2) is 0 Å². The molecule has 76 valence electrons. The summed E-state index contributed by atoms with van der Waals surface area (Å²) in [6.07, 6.45) is -0.825. The van der Waals surface area contributed by atoms with E-state index in [1.54, 1.807) is 19.9 Å². The van der Waals surface area contributed by atoms with Crippen LogP contribution in [0.2, 0.25) is 0 Å². The zero-order valence-corrected chi connectivity index (χ0v) is 9.13. The molecule has 0 amide bonds. The molecule has 4 nitrogen and oxygen atoms in total. The lowest BCUT2D eigenvalue weighted by molar-refractivity contribution is 0.0900. The summed E-state index contributed by atoms with van der Waals surface area (Å²) in [7, 11) is 1.51. The summed E-state index contributed by atoms with van der Waals surface area (Å²) in [5.74, 6) is 0.470. The van der Waals surface area contributed by atoms with Crippen molar-refractivity contribution in [3.63, 3.8) is 0 Å². The zero-order valence-electron chi connectivity index (χ0n) is 8.31. The van der Waals surface area contributed by atoms with Gasteiger partial charge in [-0.05, 0) is 25.4 Å². The highest BCUT2D eigenvalue weighted by atomic mass is 32.1. The molecule has 1 aromatic rings. The summed E-state index contributed by atoms with van der Waals surface area (Å²) < 4.78 is 8.85. The van der Waals surface area contributed by atoms with Crippen molar-refractivity contribution in [2.75, 3.05) is 7.11 Å². The number of aromatic nitrogens is 1. The fraction of sp³-hybridized carbons (Fsp3) is 0.556. The fourth-order valence-corrected chi connectivity index (χ4v) is 1.78. The van der Waals surface area contributed by atoms with E-state index in [0.29, 0.717) is 10.8 Å². The Kier molecular flexibility index (Phi) is 3.09. The van der Waals surface area contributed by atoms with Gasteiger partial charge >= 0.3 is 0 Å². The van der Waals surface area contributed by atoms with E-state index in [9.17, 15) is 5.11 Å². The quantitative estimate of drug-likeness (QED) is 0.828. The second-order valence-electron chi connectivity index (χ2n) is 3.51. The molecular weight excluding hydrogens is 200 g/mol. The van der Waals surface area contributed by atoms with Crippen LogP contribution in [0.4, 0.5) is 0 Å². The first kappa shape index (κ1) is 11.0. The molecule has 1 N–H and O–H groups in total. The highest BCUT2D eigenvalue weighted by molar-refractivity contribution is 7.06. The zero-order chi connectivity index (χ0) is 10.8. The third-order valence-corrected chi connectivity index (χ3v) is 2.78. The summed E-state index contributed by atoms with van der Waals surface area (Å²) in [6.45, 7) is 3.37. The van der Waals surface area contributed by atoms with Crippen molar-refractivity contribution in [3.8, 4) is 11.9 Å². The Morgan fingerprint density at radius 3 is 2.79 bits per heavy atom. The van der Waals surface area contributed by atoms with Gasteiger partial charge in [0.1, 0.15) is 6.10 Å². The van der Waals surface area contributed by atoms with Gasteiger partial charge in [-0.25, -0.2) is 0 Å². The lowest BCUT2D eigenvalue weighted by Crippen LogP contribution is -2.18. The Labute approximate surface area is 86.9 Å². The molecular formula is C9H12N2O2S. The summed E-state index contributed by atoms with van der Waals surface area (Å²) in [5.41, 5.74) is -0.808. The first-order valence-electron chi connectivity index (χ1n) is 4.11. The monoisotopic (exact) mass is 212 g/mol. The molecule has 0 aromatic carbocycles. The third kappa shape index (κ3) is 2.03. The molecule has 1 heterocycles. The van der Waals surface area contributed by atoms with Crippen LogP contribution in [0, 0.1) is 16.7 Å². The molecule has 0 aliphatic rings. The fourth-order valence-electron chi connectivity index (χ4n) is 0.914. The van der Waals surface area contributed by atoms with E-state index >= 15 is 0 Å². The number of aliphatic hydroxyl groups excluding tert-OH is 1. The number of ether oxygens (including phenoxy) is 1. The number of nitriles is 1. The largest absolute Gasteiger partial charge is 0.480 e. The highest BCUT2D eigenvalue weighted by Crippen LogP contribution is 2.35. The van der Waals surface area contributed by atoms with Crippen molar-refractivity contribution in [2.45, 2.75) is 20.0 Å². The standard InChI is InChI=1S/C9H12N2O2S/c1-9(2,5-10)8(12)6-4-7(13-3)11-14-6/h4,8,12H,1-3H3. The minimum absolute atomic E-state index is 0.470. The van der Waals surface area contributed by atoms with E-state index in [1.807, 2.05) is 0 Å². The summed E-state index contributed by atoms with van der Waals surface area (Å²) in [4.78, 5) is 0.647. The van der Waals surface area contributed by atoms with Gasteiger partial charge in [0, 0.05) is 6.07 Å². The summed E-state index contributed by atoms with van der Waals surface area (Å²) in [6, 6.07) is 3.70. The number of hydrogen-bond donors (Lipinski definition) is 1. The first-order chi connectivity index (χ1) is 6.51. The van der Waals surface area contributed by atoms with Crippen LogP contribution in [-0.4, -0.2) is 16.6 Å². The SMILES string of the molecule is COc1cc(C(O)C(C)(C)C#N)sn1. The maximum atomic E-state index is 9.85. The predicted molar refractivity (Wildman–Crippen MR) is 53.0 cm³/mol. The van der Waals surface area contributed by atoms with Crippen molar-refractivity contribution >= 4 is 11.5 Å². The molecule has 0 bridgehead atoms. The van der Waals surface area contributed by atoms with Gasteiger partial charge in [-0.1, -0.05) is 0 Å². The molecule has 0 radical (unpaired) electrons. The lowest BCUT2D eigenvalue weighted by Gasteiger charge is -2.20. The third-order valence-electron chi connectivity index (χ3n) is 1.96. The molecule has 0 aliphatic carbocycles. The summed E-state index contributed by atoms with van der Waals surface area (Å²) >= 11 is 1.15. The average Bonchev–Trinajstić information content (AvgIpc) is 2.64. The lowest BCUT2D eigenvalue weighted by atomic mass is 9.87. The van der Waals surface area contributed by atoms with Gasteiger partial charge in [0.2, 0.25) is 5.88 Å². The molecule has 0 spiro atoms. The molecule has 14 heavy (non-hydrogen) atoms. The van der Waals surface area contributed by atoms with E-state index in [4.69, 9.17) is 10.00 Å². The number of nitrogens with zero attached hydrogens (tertiary/aromatic N) is 2. The number of rotatable bonds is 3. The van der Waals surface area contributed by atoms with Crippen LogP contribution in [0.3, 0.4) is 0 Å². The Balaban J connectivity index is 2.90. The van der Waals surface area contributed by atoms with Crippen LogP contribution < -0.4 is 4.74 Å². The second kappa shape index (κ2) is 3.95. The van der Waals surface area contributed by atoms with E-state index in [1.165, 1.54) is 7.11 Å². The second-order valence-corrected chi connectivity index (χ2v) is 4.34. The smallest absolute Gasteiger partial charge is 0.225 e. The minimum atomic E-state index is -0.825. The number of hydrogen-bond acceptors (Lipinski definition) is 5. The first-order valence-corrected chi connectivity index (χ1v) is 4.88. The molecule has 0 aliphatic heterocycles. The van der Waals surface area contributed by atoms with Crippen LogP contribution >= 0.6 is 11.5 Å². The van der Waals surface area contributed by atoms with Crippen LogP contribution in [0.1, 0.15) is 24.8 Å². The normalized spacial score (nSPS) is 13.4. The van der Waals surface area contributed by atoms with Gasteiger partial charge in [-0.2, -0.15) is 9.64 Å². The minimum Gasteiger partial charge on any atom is -0.480 e. The van der Waals surface area contributed by atoms with Crippen LogP contribution in [0.15, 0.2) is 6.07 Å². The van der Waals surface area contributed by atoms with Gasteiger partial charge in [0.25, 0.3) is 0 Å². The van der Waals surface area contributed by atoms with E-state index in [-0.39, 0.29) is 0 Å². The molecule has 5 heteroatoms. The van der Waals surface area contributed by atoms with E-state index in [0.717, 1.165) is 11.5 Å². The van der Waals surface area contributed by atoms with Crippen molar-refractivity contribution in [3.05, 3.63) is 10.9 Å². The number of methoxy groups -OCH3 is 1. The van der Waals surface area contributed by atoms with Crippen molar-refractivity contribution < 1.29 is 9.84 Å². The molecule has 1 rings (SSSR count). The Morgan fingerprint density at radius 2 is 2.36 bits per heavy atom. The predicted octanol–water partition coefficient (Wildman–Crippen LogP) is 1.73. The molecule has 0 saturated heterocycles. The van der Waals surface area contributed by atoms with Crippen molar-refractivity contribution in [1.82, 2.24) is 4.37 Å². The molecule has 1 unspecified atom stereocenters. The van der Waals surface area contributed by atoms with Crippen LogP contribution in [0.5, 0.6) is 5.88 Å². The molecule has 1 aromatic heterocycles. The highest BCUT2D eigenvalue weighted by Gasteiger charge is 2.30. The Morgan fingerprint density at radius 1 is 1.71 bits per heavy atom. The molecule has 0 fully saturated rings. The maximum Gasteiger partial charge on any atom is 0.225 e. The topological polar surface area (TPSA) is 66.1 Å². The Bertz CT molecular complexity index is 354. The van der Waals surface area contributed by atoms with Gasteiger partial charge in [-0.15, -0.1) is 0 Å². The van der Waals surface area contributed by atoms with Crippen molar-refractivity contribution in [1.29, 1.82) is 5.26 Å². The number of aliphatic hydroxyl groups is 1. The van der Waals surface area contributed by atoms with E-state index in [2.05, 4.69) is 10.4 Å². The molecule has 1 atom stereocenters. The van der Waals surface area contributed by atoms with Gasteiger partial charge < -0.3 is 9.84 Å². The molecule has 0 saturated carbocycles. The Hall–Kier alpha value is -1.12. The van der Waals surface area contributed by atoms with Crippen LogP contribution in [0.25, 0.3) is 0 Å².